The summed E-state index contributed by atoms with van der Waals surface area (Å²) < 4.78 is 0. The number of aliphatic carboxylic acids is 1. The summed E-state index contributed by atoms with van der Waals surface area (Å²) in [6, 6.07) is 13.6. The van der Waals surface area contributed by atoms with E-state index >= 15 is 0 Å². The van der Waals surface area contributed by atoms with Crippen molar-refractivity contribution in [1.82, 2.24) is 36.6 Å². The zero-order chi connectivity index (χ0) is 48.8. The van der Waals surface area contributed by atoms with Gasteiger partial charge in [-0.3, -0.25) is 29.0 Å². The van der Waals surface area contributed by atoms with Crippen LogP contribution in [0, 0.1) is 11.8 Å². The van der Waals surface area contributed by atoms with Crippen molar-refractivity contribution in [2.45, 2.75) is 102 Å². The van der Waals surface area contributed by atoms with Crippen LogP contribution in [-0.4, -0.2) is 104 Å². The number of rotatable bonds is 24. The zero-order valence-electron chi connectivity index (χ0n) is 38.2. The summed E-state index contributed by atoms with van der Waals surface area (Å²) in [5.41, 5.74) is 20.5. The van der Waals surface area contributed by atoms with E-state index in [1.165, 1.54) is 12.1 Å². The summed E-state index contributed by atoms with van der Waals surface area (Å²) >= 11 is 0. The molecule has 0 aliphatic heterocycles. The van der Waals surface area contributed by atoms with Crippen LogP contribution in [0.25, 0.3) is 21.8 Å². The second kappa shape index (κ2) is 23.7. The first-order chi connectivity index (χ1) is 31.9. The van der Waals surface area contributed by atoms with Crippen molar-refractivity contribution >= 4 is 63.3 Å². The predicted octanol–water partition coefficient (Wildman–Crippen LogP) is 1.97. The van der Waals surface area contributed by atoms with E-state index in [9.17, 15) is 39.0 Å². The molecule has 2 heterocycles. The lowest BCUT2D eigenvalue weighted by molar-refractivity contribution is -0.142. The fraction of sp³-hybridized carbons (Fsp3) is 0.396. The Bertz CT molecular complexity index is 2530. The maximum Gasteiger partial charge on any atom is 0.326 e. The number of H-pyrrole nitrogens is 2. The SMILES string of the molecule is CC(C)C[C@H](NC(=O)[C@H](Cc1c[nH]c2ccccc12)NC(=O)[C@H](Cc1c[nH]c2ccccc12)NC(=O)[C@@H](NC(=O)[C@H](Cc1ccc(O)cc1)NC(=O)[C@@H](N)CCCN=C(N)N)C(C)C)C(=O)O. The van der Waals surface area contributed by atoms with Gasteiger partial charge in [-0.05, 0) is 72.1 Å². The lowest BCUT2D eigenvalue weighted by atomic mass is 9.98. The molecule has 0 saturated carbocycles. The van der Waals surface area contributed by atoms with Crippen molar-refractivity contribution in [2.75, 3.05) is 6.54 Å². The summed E-state index contributed by atoms with van der Waals surface area (Å²) in [5, 5.41) is 35.3. The van der Waals surface area contributed by atoms with Crippen LogP contribution in [0.5, 0.6) is 5.75 Å². The molecule has 0 saturated heterocycles. The number of nitrogens with zero attached hydrogens (tertiary/aromatic N) is 1. The molecule has 0 spiro atoms. The van der Waals surface area contributed by atoms with E-state index in [1.807, 2.05) is 62.4 Å². The van der Waals surface area contributed by atoms with Crippen molar-refractivity contribution in [3.63, 3.8) is 0 Å². The van der Waals surface area contributed by atoms with E-state index in [0.717, 1.165) is 21.8 Å². The molecule has 6 atom stereocenters. The third-order valence-corrected chi connectivity index (χ3v) is 11.3. The van der Waals surface area contributed by atoms with Gasteiger partial charge < -0.3 is 64.0 Å². The average molecular weight is 922 g/mol. The summed E-state index contributed by atoms with van der Waals surface area (Å²) in [5.74, 6) is -5.48. The summed E-state index contributed by atoms with van der Waals surface area (Å²) in [6.07, 6.45) is 4.08. The summed E-state index contributed by atoms with van der Waals surface area (Å²) in [7, 11) is 0. The maximum atomic E-state index is 14.7. The number of amides is 5. The molecule has 15 N–H and O–H groups in total. The van der Waals surface area contributed by atoms with Crippen LogP contribution in [0.1, 0.15) is 63.6 Å². The molecular formula is C48H63N11O8. The normalized spacial score (nSPS) is 14.1. The minimum absolute atomic E-state index is 0.000137. The van der Waals surface area contributed by atoms with E-state index in [-0.39, 0.29) is 56.3 Å². The number of carbonyl (C=O) groups excluding carboxylic acids is 5. The molecule has 19 heteroatoms. The maximum absolute atomic E-state index is 14.7. The molecule has 0 aliphatic carbocycles. The molecule has 0 aliphatic rings. The van der Waals surface area contributed by atoms with E-state index in [0.29, 0.717) is 23.1 Å². The minimum atomic E-state index is -1.32. The van der Waals surface area contributed by atoms with Gasteiger partial charge in [0.2, 0.25) is 29.5 Å². The van der Waals surface area contributed by atoms with Gasteiger partial charge in [0.25, 0.3) is 0 Å². The number of hydrogen-bond acceptors (Lipinski definition) is 9. The third kappa shape index (κ3) is 14.5. The Morgan fingerprint density at radius 1 is 0.627 bits per heavy atom. The zero-order valence-corrected chi connectivity index (χ0v) is 38.2. The third-order valence-electron chi connectivity index (χ3n) is 11.3. The monoisotopic (exact) mass is 921 g/mol. The number of carboxylic acid groups (broad SMARTS) is 1. The first kappa shape index (κ1) is 50.6. The molecular weight excluding hydrogens is 859 g/mol. The number of hydrogen-bond donors (Lipinski definition) is 12. The highest BCUT2D eigenvalue weighted by molar-refractivity contribution is 5.97. The summed E-state index contributed by atoms with van der Waals surface area (Å²) in [6.45, 7) is 7.32. The van der Waals surface area contributed by atoms with Gasteiger partial charge in [-0.25, -0.2) is 4.79 Å². The Morgan fingerprint density at radius 3 is 1.61 bits per heavy atom. The van der Waals surface area contributed by atoms with Gasteiger partial charge in [0, 0.05) is 60.0 Å². The molecule has 67 heavy (non-hydrogen) atoms. The second-order valence-corrected chi connectivity index (χ2v) is 17.5. The first-order valence-electron chi connectivity index (χ1n) is 22.3. The highest BCUT2D eigenvalue weighted by atomic mass is 16.4. The fourth-order valence-electron chi connectivity index (χ4n) is 7.75. The van der Waals surface area contributed by atoms with Crippen LogP contribution >= 0.6 is 0 Å². The van der Waals surface area contributed by atoms with Crippen LogP contribution in [0.3, 0.4) is 0 Å². The molecule has 2 aromatic heterocycles. The quantitative estimate of drug-likeness (QED) is 0.0241. The van der Waals surface area contributed by atoms with Gasteiger partial charge in [-0.15, -0.1) is 0 Å². The van der Waals surface area contributed by atoms with Crippen LogP contribution in [0.2, 0.25) is 0 Å². The van der Waals surface area contributed by atoms with Crippen LogP contribution in [0.4, 0.5) is 0 Å². The number of aliphatic imine (C=N–C) groups is 1. The van der Waals surface area contributed by atoms with E-state index in [4.69, 9.17) is 17.2 Å². The molecule has 3 aromatic carbocycles. The van der Waals surface area contributed by atoms with Crippen molar-refractivity contribution in [1.29, 1.82) is 0 Å². The lowest BCUT2D eigenvalue weighted by Crippen LogP contribution is -2.61. The molecule has 0 radical (unpaired) electrons. The van der Waals surface area contributed by atoms with Gasteiger partial charge in [-0.2, -0.15) is 0 Å². The number of para-hydroxylation sites is 2. The number of nitrogens with one attached hydrogen (secondary N) is 7. The van der Waals surface area contributed by atoms with E-state index < -0.39 is 77.7 Å². The highest BCUT2D eigenvalue weighted by Gasteiger charge is 2.35. The van der Waals surface area contributed by atoms with Crippen LogP contribution in [-0.2, 0) is 48.0 Å². The van der Waals surface area contributed by atoms with Crippen LogP contribution in [0.15, 0.2) is 90.2 Å². The number of guanidine groups is 1. The molecule has 5 amide bonds. The van der Waals surface area contributed by atoms with Gasteiger partial charge in [-0.1, -0.05) is 76.2 Å². The molecule has 19 nitrogen and oxygen atoms in total. The van der Waals surface area contributed by atoms with E-state index in [2.05, 4.69) is 41.5 Å². The number of aromatic nitrogens is 2. The van der Waals surface area contributed by atoms with Crippen molar-refractivity contribution in [2.24, 2.45) is 34.0 Å². The number of benzene rings is 3. The highest BCUT2D eigenvalue weighted by Crippen LogP contribution is 2.22. The number of aromatic hydroxyl groups is 1. The molecule has 5 rings (SSSR count). The fourth-order valence-corrected chi connectivity index (χ4v) is 7.75. The molecule has 358 valence electrons. The predicted molar refractivity (Wildman–Crippen MR) is 255 cm³/mol. The smallest absolute Gasteiger partial charge is 0.326 e. The van der Waals surface area contributed by atoms with Crippen molar-refractivity contribution in [3.05, 3.63) is 102 Å². The van der Waals surface area contributed by atoms with Gasteiger partial charge >= 0.3 is 5.97 Å². The first-order valence-corrected chi connectivity index (χ1v) is 22.3. The van der Waals surface area contributed by atoms with Crippen LogP contribution < -0.4 is 43.8 Å². The Hall–Kier alpha value is -7.41. The molecule has 5 aromatic rings. The number of fused-ring (bicyclic) bond motifs is 2. The number of carboxylic acids is 1. The minimum Gasteiger partial charge on any atom is -0.508 e. The number of carbonyl (C=O) groups is 6. The van der Waals surface area contributed by atoms with E-state index in [1.54, 1.807) is 38.4 Å². The lowest BCUT2D eigenvalue weighted by Gasteiger charge is -2.29. The van der Waals surface area contributed by atoms with Crippen molar-refractivity contribution in [3.8, 4) is 5.75 Å². The largest absolute Gasteiger partial charge is 0.508 e. The number of nitrogens with two attached hydrogens (primary N) is 3. The van der Waals surface area contributed by atoms with Gasteiger partial charge in [0.15, 0.2) is 5.96 Å². The van der Waals surface area contributed by atoms with Gasteiger partial charge in [0.05, 0.1) is 6.04 Å². The Labute approximate surface area is 388 Å². The van der Waals surface area contributed by atoms with Gasteiger partial charge in [0.1, 0.15) is 36.0 Å². The number of phenolic OH excluding ortho intramolecular Hbond substituents is 1. The standard InChI is InChI=1S/C48H63N11O8/c1-26(2)20-40(47(66)67)58-44(63)38(22-29-24-53-35-13-7-5-10-32(29)35)56-43(62)39(23-30-25-54-36-14-8-6-11-33(30)36)57-46(65)41(27(3)4)59-45(64)37(21-28-15-17-31(60)18-16-28)55-42(61)34(49)12-9-19-52-48(50)51/h5-8,10-11,13-18,24-27,34,37-41,53-54,60H,9,12,19-23,49H2,1-4H3,(H,55,61)(H,56,62)(H,57,65)(H,58,63)(H,59,64)(H,66,67)(H4,50,51,52)/t34-,37-,38-,39-,40-,41-/m0/s1. The number of phenols is 1. The topological polar surface area (TPSA) is 325 Å². The average Bonchev–Trinajstić information content (AvgIpc) is 3.89. The Morgan fingerprint density at radius 2 is 1.10 bits per heavy atom. The molecule has 0 unspecified atom stereocenters. The number of aromatic amines is 2. The molecule has 0 bridgehead atoms. The second-order valence-electron chi connectivity index (χ2n) is 17.5. The summed E-state index contributed by atoms with van der Waals surface area (Å²) in [4.78, 5) is 93.4. The Balaban J connectivity index is 1.43. The van der Waals surface area contributed by atoms with Crippen molar-refractivity contribution < 1.29 is 39.0 Å². The molecule has 0 fully saturated rings. The Kier molecular flexibility index (Phi) is 17.9.